The van der Waals surface area contributed by atoms with Gasteiger partial charge in [0, 0.05) is 11.9 Å². The molecule has 0 aliphatic carbocycles. The molecule has 0 saturated heterocycles. The summed E-state index contributed by atoms with van der Waals surface area (Å²) in [6, 6.07) is 2.97. The molecule has 2 rings (SSSR count). The van der Waals surface area contributed by atoms with Crippen molar-refractivity contribution in [1.82, 2.24) is 9.38 Å². The van der Waals surface area contributed by atoms with E-state index in [1.807, 2.05) is 0 Å². The minimum Gasteiger partial charge on any atom is -0.476 e. The number of carboxylic acid groups (broad SMARTS) is 2. The van der Waals surface area contributed by atoms with Gasteiger partial charge in [0.25, 0.3) is 0 Å². The summed E-state index contributed by atoms with van der Waals surface area (Å²) in [5, 5.41) is 17.7. The second-order valence-electron chi connectivity index (χ2n) is 3.11. The first kappa shape index (κ1) is 9.97. The summed E-state index contributed by atoms with van der Waals surface area (Å²) in [6.07, 6.45) is 1.32. The van der Waals surface area contributed by atoms with Crippen LogP contribution in [-0.4, -0.2) is 31.5 Å². The number of carbonyl (C=O) groups is 2. The molecular formula is C9H7N3O4. The van der Waals surface area contributed by atoms with Crippen LogP contribution in [0.15, 0.2) is 18.3 Å². The molecular weight excluding hydrogens is 214 g/mol. The van der Waals surface area contributed by atoms with Crippen molar-refractivity contribution in [3.63, 3.8) is 0 Å². The third-order valence-electron chi connectivity index (χ3n) is 2.05. The lowest BCUT2D eigenvalue weighted by Crippen LogP contribution is -2.09. The molecule has 2 heterocycles. The fraction of sp³-hybridized carbons (Fsp3) is 0. The average molecular weight is 221 g/mol. The first-order valence-electron chi connectivity index (χ1n) is 4.25. The Balaban J connectivity index is 2.88. The highest BCUT2D eigenvalue weighted by Crippen LogP contribution is 2.15. The zero-order chi connectivity index (χ0) is 11.9. The summed E-state index contributed by atoms with van der Waals surface area (Å²) >= 11 is 0. The molecule has 0 aromatic carbocycles. The number of rotatable bonds is 2. The fourth-order valence-corrected chi connectivity index (χ4v) is 1.41. The molecule has 0 amide bonds. The number of fused-ring (bicyclic) bond motifs is 1. The maximum Gasteiger partial charge on any atom is 0.357 e. The number of pyridine rings is 1. The van der Waals surface area contributed by atoms with Crippen molar-refractivity contribution < 1.29 is 19.8 Å². The number of anilines is 1. The Morgan fingerprint density at radius 3 is 2.50 bits per heavy atom. The maximum absolute atomic E-state index is 10.9. The van der Waals surface area contributed by atoms with Crippen LogP contribution in [-0.2, 0) is 0 Å². The second-order valence-corrected chi connectivity index (χ2v) is 3.11. The SMILES string of the molecule is Nc1ccc2nc(C(=O)O)c(C(=O)O)n2c1. The Morgan fingerprint density at radius 2 is 1.94 bits per heavy atom. The van der Waals surface area contributed by atoms with Crippen molar-refractivity contribution >= 4 is 23.3 Å². The van der Waals surface area contributed by atoms with E-state index in [1.54, 1.807) is 0 Å². The Labute approximate surface area is 88.8 Å². The predicted molar refractivity (Wildman–Crippen MR) is 53.5 cm³/mol. The van der Waals surface area contributed by atoms with Crippen molar-refractivity contribution in [2.24, 2.45) is 0 Å². The molecule has 0 saturated carbocycles. The molecule has 4 N–H and O–H groups in total. The average Bonchev–Trinajstić information content (AvgIpc) is 2.55. The molecule has 0 aliphatic rings. The van der Waals surface area contributed by atoms with Crippen molar-refractivity contribution in [2.45, 2.75) is 0 Å². The van der Waals surface area contributed by atoms with Gasteiger partial charge in [-0.05, 0) is 12.1 Å². The van der Waals surface area contributed by atoms with Gasteiger partial charge in [0.05, 0.1) is 0 Å². The summed E-state index contributed by atoms with van der Waals surface area (Å²) in [7, 11) is 0. The number of aromatic carboxylic acids is 2. The maximum atomic E-state index is 10.9. The number of aromatic nitrogens is 2. The molecule has 0 atom stereocenters. The number of hydrogen-bond donors (Lipinski definition) is 3. The molecule has 0 spiro atoms. The lowest BCUT2D eigenvalue weighted by atomic mass is 10.3. The molecule has 0 radical (unpaired) electrons. The van der Waals surface area contributed by atoms with Crippen LogP contribution in [0.2, 0.25) is 0 Å². The van der Waals surface area contributed by atoms with Crippen molar-refractivity contribution in [2.75, 3.05) is 5.73 Å². The third kappa shape index (κ3) is 1.34. The molecule has 16 heavy (non-hydrogen) atoms. The topological polar surface area (TPSA) is 118 Å². The van der Waals surface area contributed by atoms with E-state index in [0.717, 1.165) is 4.40 Å². The minimum absolute atomic E-state index is 0.226. The Morgan fingerprint density at radius 1 is 1.25 bits per heavy atom. The summed E-state index contributed by atoms with van der Waals surface area (Å²) < 4.78 is 1.14. The third-order valence-corrected chi connectivity index (χ3v) is 2.05. The van der Waals surface area contributed by atoms with Crippen LogP contribution in [0.3, 0.4) is 0 Å². The largest absolute Gasteiger partial charge is 0.476 e. The quantitative estimate of drug-likeness (QED) is 0.671. The van der Waals surface area contributed by atoms with Crippen molar-refractivity contribution in [3.8, 4) is 0 Å². The predicted octanol–water partition coefficient (Wildman–Crippen LogP) is 0.313. The summed E-state index contributed by atoms with van der Waals surface area (Å²) in [5.74, 6) is -2.75. The molecule has 7 nitrogen and oxygen atoms in total. The number of carboxylic acids is 2. The van der Waals surface area contributed by atoms with Crippen LogP contribution < -0.4 is 5.73 Å². The standard InChI is InChI=1S/C9H7N3O4/c10-4-1-2-5-11-6(8(13)14)7(9(15)16)12(5)3-4/h1-3H,10H2,(H,13,14)(H,15,16). The van der Waals surface area contributed by atoms with Crippen molar-refractivity contribution in [3.05, 3.63) is 29.7 Å². The normalized spacial score (nSPS) is 10.5. The Bertz CT molecular complexity index is 602. The molecule has 0 fully saturated rings. The molecule has 0 bridgehead atoms. The molecule has 2 aromatic rings. The van der Waals surface area contributed by atoms with Crippen LogP contribution in [0.1, 0.15) is 21.0 Å². The van der Waals surface area contributed by atoms with Crippen molar-refractivity contribution in [1.29, 1.82) is 0 Å². The number of hydrogen-bond acceptors (Lipinski definition) is 4. The zero-order valence-corrected chi connectivity index (χ0v) is 7.91. The van der Waals surface area contributed by atoms with Gasteiger partial charge in [0.15, 0.2) is 11.4 Å². The summed E-state index contributed by atoms with van der Waals surface area (Å²) in [6.45, 7) is 0. The van der Waals surface area contributed by atoms with Crippen LogP contribution in [0.25, 0.3) is 5.65 Å². The van der Waals surface area contributed by atoms with Gasteiger partial charge in [-0.3, -0.25) is 4.40 Å². The number of nitrogen functional groups attached to an aromatic ring is 1. The Hall–Kier alpha value is -2.57. The molecule has 0 aliphatic heterocycles. The van der Waals surface area contributed by atoms with Gasteiger partial charge in [-0.15, -0.1) is 0 Å². The van der Waals surface area contributed by atoms with Gasteiger partial charge in [0.2, 0.25) is 0 Å². The van der Waals surface area contributed by atoms with Gasteiger partial charge in [-0.2, -0.15) is 0 Å². The lowest BCUT2D eigenvalue weighted by molar-refractivity contribution is 0.0643. The van der Waals surface area contributed by atoms with E-state index in [-0.39, 0.29) is 5.65 Å². The van der Waals surface area contributed by atoms with Gasteiger partial charge in [-0.1, -0.05) is 0 Å². The smallest absolute Gasteiger partial charge is 0.357 e. The first-order chi connectivity index (χ1) is 7.50. The van der Waals surface area contributed by atoms with E-state index in [9.17, 15) is 9.59 Å². The molecule has 2 aromatic heterocycles. The minimum atomic E-state index is -1.39. The number of nitrogens with two attached hydrogens (primary N) is 1. The van der Waals surface area contributed by atoms with Crippen LogP contribution in [0.5, 0.6) is 0 Å². The van der Waals surface area contributed by atoms with E-state index in [0.29, 0.717) is 5.69 Å². The highest BCUT2D eigenvalue weighted by Gasteiger charge is 2.23. The highest BCUT2D eigenvalue weighted by molar-refractivity contribution is 6.00. The molecule has 82 valence electrons. The second kappa shape index (κ2) is 3.23. The van der Waals surface area contributed by atoms with E-state index in [4.69, 9.17) is 15.9 Å². The van der Waals surface area contributed by atoms with Gasteiger partial charge < -0.3 is 15.9 Å². The van der Waals surface area contributed by atoms with E-state index < -0.39 is 23.3 Å². The molecule has 0 unspecified atom stereocenters. The Kier molecular flexibility index (Phi) is 2.01. The summed E-state index contributed by atoms with van der Waals surface area (Å²) in [4.78, 5) is 25.5. The van der Waals surface area contributed by atoms with E-state index in [1.165, 1.54) is 18.3 Å². The summed E-state index contributed by atoms with van der Waals surface area (Å²) in [5.41, 5.74) is 5.13. The monoisotopic (exact) mass is 221 g/mol. The number of imidazole rings is 1. The number of nitrogens with zero attached hydrogens (tertiary/aromatic N) is 2. The van der Waals surface area contributed by atoms with Crippen LogP contribution in [0, 0.1) is 0 Å². The molecule has 7 heteroatoms. The van der Waals surface area contributed by atoms with E-state index >= 15 is 0 Å². The lowest BCUT2D eigenvalue weighted by Gasteiger charge is -1.98. The van der Waals surface area contributed by atoms with Crippen LogP contribution >= 0.6 is 0 Å². The van der Waals surface area contributed by atoms with E-state index in [2.05, 4.69) is 4.98 Å². The highest BCUT2D eigenvalue weighted by atomic mass is 16.4. The fourth-order valence-electron chi connectivity index (χ4n) is 1.41. The van der Waals surface area contributed by atoms with Gasteiger partial charge in [-0.25, -0.2) is 14.6 Å². The van der Waals surface area contributed by atoms with Gasteiger partial charge in [0.1, 0.15) is 5.65 Å². The zero-order valence-electron chi connectivity index (χ0n) is 7.91. The first-order valence-corrected chi connectivity index (χ1v) is 4.25. The van der Waals surface area contributed by atoms with Crippen LogP contribution in [0.4, 0.5) is 5.69 Å². The van der Waals surface area contributed by atoms with Gasteiger partial charge >= 0.3 is 11.9 Å².